The van der Waals surface area contributed by atoms with Crippen molar-refractivity contribution in [2.75, 3.05) is 13.1 Å². The Hall–Kier alpha value is -1.84. The molecule has 0 radical (unpaired) electrons. The first-order valence-electron chi connectivity index (χ1n) is 9.41. The maximum atomic E-state index is 12.7. The van der Waals surface area contributed by atoms with E-state index in [0.29, 0.717) is 17.9 Å². The van der Waals surface area contributed by atoms with Crippen LogP contribution in [-0.4, -0.2) is 33.4 Å². The molecule has 1 saturated heterocycles. The largest absolute Gasteiger partial charge is 0.338 e. The van der Waals surface area contributed by atoms with Crippen molar-refractivity contribution in [3.8, 4) is 0 Å². The Morgan fingerprint density at radius 2 is 1.83 bits per heavy atom. The van der Waals surface area contributed by atoms with Crippen LogP contribution in [0.2, 0.25) is 0 Å². The average Bonchev–Trinajstić information content (AvgIpc) is 2.94. The van der Waals surface area contributed by atoms with Crippen molar-refractivity contribution < 1.29 is 4.79 Å². The fraction of sp³-hybridized carbons (Fsp3) is 0.600. The number of carbonyl (C=O) groups excluding carboxylic acids is 1. The van der Waals surface area contributed by atoms with Crippen molar-refractivity contribution in [2.45, 2.75) is 57.9 Å². The predicted octanol–water partition coefficient (Wildman–Crippen LogP) is 4.12. The van der Waals surface area contributed by atoms with E-state index in [4.69, 9.17) is 4.98 Å². The first kappa shape index (κ1) is 15.7. The fourth-order valence-corrected chi connectivity index (χ4v) is 4.26. The Labute approximate surface area is 143 Å². The highest BCUT2D eigenvalue weighted by Crippen LogP contribution is 2.33. The van der Waals surface area contributed by atoms with Crippen LogP contribution in [0.15, 0.2) is 24.3 Å². The number of benzene rings is 1. The van der Waals surface area contributed by atoms with Crippen LogP contribution in [0.4, 0.5) is 0 Å². The number of hydrogen-bond donors (Lipinski definition) is 0. The number of carbonyl (C=O) groups is 1. The van der Waals surface area contributed by atoms with Crippen LogP contribution in [0.1, 0.15) is 63.7 Å². The maximum Gasteiger partial charge on any atom is 0.225 e. The van der Waals surface area contributed by atoms with Gasteiger partial charge in [-0.1, -0.05) is 45.2 Å². The van der Waals surface area contributed by atoms with E-state index in [-0.39, 0.29) is 5.92 Å². The fourth-order valence-electron chi connectivity index (χ4n) is 4.26. The van der Waals surface area contributed by atoms with Crippen LogP contribution >= 0.6 is 0 Å². The van der Waals surface area contributed by atoms with Gasteiger partial charge in [-0.3, -0.25) is 4.79 Å². The lowest BCUT2D eigenvalue weighted by atomic mass is 9.87. The summed E-state index contributed by atoms with van der Waals surface area (Å²) in [6.07, 6.45) is 5.91. The van der Waals surface area contributed by atoms with Crippen molar-refractivity contribution >= 4 is 16.9 Å². The summed E-state index contributed by atoms with van der Waals surface area (Å²) in [6.45, 7) is 6.08. The van der Waals surface area contributed by atoms with E-state index in [9.17, 15) is 4.79 Å². The van der Waals surface area contributed by atoms with Crippen molar-refractivity contribution in [3.63, 3.8) is 0 Å². The van der Waals surface area contributed by atoms with Gasteiger partial charge in [0, 0.05) is 24.9 Å². The molecular weight excluding hydrogens is 298 g/mol. The monoisotopic (exact) mass is 325 g/mol. The van der Waals surface area contributed by atoms with Crippen LogP contribution in [0.3, 0.4) is 0 Å². The summed E-state index contributed by atoms with van der Waals surface area (Å²) >= 11 is 0. The second kappa shape index (κ2) is 6.23. The Morgan fingerprint density at radius 1 is 1.12 bits per heavy atom. The second-order valence-corrected chi connectivity index (χ2v) is 7.72. The van der Waals surface area contributed by atoms with Crippen molar-refractivity contribution in [3.05, 3.63) is 30.1 Å². The minimum Gasteiger partial charge on any atom is -0.338 e. The minimum absolute atomic E-state index is 0.281. The van der Waals surface area contributed by atoms with Crippen LogP contribution in [0.5, 0.6) is 0 Å². The first-order valence-corrected chi connectivity index (χ1v) is 9.41. The van der Waals surface area contributed by atoms with Crippen LogP contribution in [0.25, 0.3) is 11.0 Å². The van der Waals surface area contributed by atoms with E-state index in [1.54, 1.807) is 0 Å². The van der Waals surface area contributed by atoms with Gasteiger partial charge in [0.1, 0.15) is 5.82 Å². The summed E-state index contributed by atoms with van der Waals surface area (Å²) in [4.78, 5) is 19.6. The Balaban J connectivity index is 1.53. The number of fused-ring (bicyclic) bond motifs is 1. The molecule has 24 heavy (non-hydrogen) atoms. The zero-order chi connectivity index (χ0) is 16.7. The Morgan fingerprint density at radius 3 is 2.54 bits per heavy atom. The van der Waals surface area contributed by atoms with Gasteiger partial charge >= 0.3 is 0 Å². The van der Waals surface area contributed by atoms with Gasteiger partial charge in [-0.05, 0) is 25.0 Å². The van der Waals surface area contributed by atoms with E-state index in [1.807, 2.05) is 6.07 Å². The SMILES string of the molecule is CC(C)c1nc2ccccc2n1C1CN(C(=O)C2CCCCC2)C1. The van der Waals surface area contributed by atoms with Gasteiger partial charge in [-0.25, -0.2) is 4.98 Å². The summed E-state index contributed by atoms with van der Waals surface area (Å²) in [5.41, 5.74) is 2.27. The van der Waals surface area contributed by atoms with Crippen LogP contribution in [-0.2, 0) is 4.79 Å². The summed E-state index contributed by atoms with van der Waals surface area (Å²) in [5.74, 6) is 2.21. The van der Waals surface area contributed by atoms with Gasteiger partial charge in [0.05, 0.1) is 17.1 Å². The predicted molar refractivity (Wildman–Crippen MR) is 96.0 cm³/mol. The zero-order valence-electron chi connectivity index (χ0n) is 14.7. The van der Waals surface area contributed by atoms with Gasteiger partial charge in [0.2, 0.25) is 5.91 Å². The number of rotatable bonds is 3. The topological polar surface area (TPSA) is 38.1 Å². The summed E-state index contributed by atoms with van der Waals surface area (Å²) in [5, 5.41) is 0. The summed E-state index contributed by atoms with van der Waals surface area (Å²) < 4.78 is 2.38. The number of amides is 1. The van der Waals surface area contributed by atoms with Crippen molar-refractivity contribution in [2.24, 2.45) is 5.92 Å². The molecule has 2 heterocycles. The van der Waals surface area contributed by atoms with Crippen molar-refractivity contribution in [1.82, 2.24) is 14.5 Å². The van der Waals surface area contributed by atoms with E-state index in [2.05, 4.69) is 41.5 Å². The van der Waals surface area contributed by atoms with E-state index < -0.39 is 0 Å². The molecule has 2 aromatic rings. The zero-order valence-corrected chi connectivity index (χ0v) is 14.7. The van der Waals surface area contributed by atoms with Gasteiger partial charge in [-0.15, -0.1) is 0 Å². The lowest BCUT2D eigenvalue weighted by Gasteiger charge is -2.43. The number of para-hydroxylation sites is 2. The molecule has 0 atom stereocenters. The third-order valence-electron chi connectivity index (χ3n) is 5.63. The molecular formula is C20H27N3O. The lowest BCUT2D eigenvalue weighted by molar-refractivity contribution is -0.142. The number of nitrogens with zero attached hydrogens (tertiary/aromatic N) is 3. The summed E-state index contributed by atoms with van der Waals surface area (Å²) in [7, 11) is 0. The average molecular weight is 325 g/mol. The molecule has 0 N–H and O–H groups in total. The molecule has 0 unspecified atom stereocenters. The maximum absolute atomic E-state index is 12.7. The molecule has 128 valence electrons. The summed E-state index contributed by atoms with van der Waals surface area (Å²) in [6, 6.07) is 8.74. The van der Waals surface area contributed by atoms with Gasteiger partial charge < -0.3 is 9.47 Å². The minimum atomic E-state index is 0.281. The molecule has 4 heteroatoms. The van der Waals surface area contributed by atoms with Gasteiger partial charge in [-0.2, -0.15) is 0 Å². The molecule has 4 rings (SSSR count). The molecule has 0 spiro atoms. The molecule has 1 amide bonds. The molecule has 2 fully saturated rings. The number of likely N-dealkylation sites (tertiary alicyclic amines) is 1. The highest BCUT2D eigenvalue weighted by molar-refractivity contribution is 5.80. The molecule has 1 aromatic heterocycles. The normalized spacial score (nSPS) is 19.9. The standard InChI is InChI=1S/C20H27N3O/c1-14(2)19-21-17-10-6-7-11-18(17)23(19)16-12-22(13-16)20(24)15-8-4-3-5-9-15/h6-7,10-11,14-16H,3-5,8-9,12-13H2,1-2H3. The quantitative estimate of drug-likeness (QED) is 0.851. The highest BCUT2D eigenvalue weighted by Gasteiger charge is 2.37. The van der Waals surface area contributed by atoms with Crippen molar-refractivity contribution in [1.29, 1.82) is 0 Å². The van der Waals surface area contributed by atoms with E-state index in [1.165, 1.54) is 24.8 Å². The molecule has 1 saturated carbocycles. The van der Waals surface area contributed by atoms with Gasteiger partial charge in [0.25, 0.3) is 0 Å². The Bertz CT molecular complexity index is 736. The number of hydrogen-bond acceptors (Lipinski definition) is 2. The van der Waals surface area contributed by atoms with E-state index >= 15 is 0 Å². The third-order valence-corrected chi connectivity index (χ3v) is 5.63. The molecule has 1 aliphatic heterocycles. The highest BCUT2D eigenvalue weighted by atomic mass is 16.2. The lowest BCUT2D eigenvalue weighted by Crippen LogP contribution is -2.53. The second-order valence-electron chi connectivity index (χ2n) is 7.72. The molecule has 4 nitrogen and oxygen atoms in total. The third kappa shape index (κ3) is 2.62. The van der Waals surface area contributed by atoms with E-state index in [0.717, 1.165) is 37.3 Å². The molecule has 0 bridgehead atoms. The number of aromatic nitrogens is 2. The Kier molecular flexibility index (Phi) is 4.07. The van der Waals surface area contributed by atoms with Crippen LogP contribution in [0, 0.1) is 5.92 Å². The van der Waals surface area contributed by atoms with Crippen LogP contribution < -0.4 is 0 Å². The van der Waals surface area contributed by atoms with Gasteiger partial charge in [0.15, 0.2) is 0 Å². The first-order chi connectivity index (χ1) is 11.6. The molecule has 1 aromatic carbocycles. The molecule has 1 aliphatic carbocycles. The molecule has 2 aliphatic rings. The smallest absolute Gasteiger partial charge is 0.225 e. The number of imidazole rings is 1.